The number of fused-ring (bicyclic) bond motifs is 2. The van der Waals surface area contributed by atoms with Crippen LogP contribution >= 0.6 is 0 Å². The SMILES string of the molecule is COCC(=O)N1CCc2c(NC(=O)c3cn(-c4ccccc4)nc3-c3cccc4ccccc34)cccc21. The Morgan fingerprint density at radius 3 is 2.53 bits per heavy atom. The molecule has 0 atom stereocenters. The molecule has 38 heavy (non-hydrogen) atoms. The maximum atomic E-state index is 13.8. The average molecular weight is 503 g/mol. The fraction of sp³-hybridized carbons (Fsp3) is 0.129. The number of hydrogen-bond acceptors (Lipinski definition) is 4. The van der Waals surface area contributed by atoms with Crippen LogP contribution in [0.15, 0.2) is 97.2 Å². The highest BCUT2D eigenvalue weighted by Crippen LogP contribution is 2.35. The lowest BCUT2D eigenvalue weighted by atomic mass is 10.00. The number of carbonyl (C=O) groups excluding carboxylic acids is 2. The predicted octanol–water partition coefficient (Wildman–Crippen LogP) is 5.48. The van der Waals surface area contributed by atoms with Crippen molar-refractivity contribution in [3.63, 3.8) is 0 Å². The van der Waals surface area contributed by atoms with Crippen molar-refractivity contribution in [2.24, 2.45) is 0 Å². The first-order chi connectivity index (χ1) is 18.6. The van der Waals surface area contributed by atoms with Gasteiger partial charge in [-0.1, -0.05) is 66.7 Å². The van der Waals surface area contributed by atoms with Crippen molar-refractivity contribution in [3.05, 3.63) is 108 Å². The standard InChI is InChI=1S/C31H26N4O3/c1-38-20-29(36)34-18-17-25-27(15-8-16-28(25)34)32-31(37)26-19-35(22-11-3-2-4-12-22)33-30(26)24-14-7-10-21-9-5-6-13-23(21)24/h2-16,19H,17-18,20H2,1H3,(H,32,37). The highest BCUT2D eigenvalue weighted by atomic mass is 16.5. The summed E-state index contributed by atoms with van der Waals surface area (Å²) in [6.45, 7) is 0.570. The number of anilines is 2. The molecule has 0 spiro atoms. The number of ether oxygens (including phenoxy) is 1. The van der Waals surface area contributed by atoms with Gasteiger partial charge in [-0.05, 0) is 41.5 Å². The number of amides is 2. The molecule has 1 aromatic heterocycles. The number of aromatic nitrogens is 2. The van der Waals surface area contributed by atoms with Gasteiger partial charge in [0.25, 0.3) is 11.8 Å². The third-order valence-corrected chi connectivity index (χ3v) is 6.87. The van der Waals surface area contributed by atoms with E-state index < -0.39 is 0 Å². The Kier molecular flexibility index (Phi) is 6.19. The Bertz CT molecular complexity index is 1650. The summed E-state index contributed by atoms with van der Waals surface area (Å²) in [5.41, 5.74) is 5.25. The Labute approximate surface area is 220 Å². The normalized spacial score (nSPS) is 12.5. The average Bonchev–Trinajstić information content (AvgIpc) is 3.59. The maximum Gasteiger partial charge on any atom is 0.259 e. The fourth-order valence-corrected chi connectivity index (χ4v) is 5.09. The zero-order valence-electron chi connectivity index (χ0n) is 20.9. The minimum Gasteiger partial charge on any atom is -0.375 e. The van der Waals surface area contributed by atoms with Gasteiger partial charge in [0.2, 0.25) is 0 Å². The van der Waals surface area contributed by atoms with Gasteiger partial charge in [0.1, 0.15) is 12.3 Å². The number of methoxy groups -OCH3 is 1. The lowest BCUT2D eigenvalue weighted by Crippen LogP contribution is -2.31. The zero-order chi connectivity index (χ0) is 26.1. The highest BCUT2D eigenvalue weighted by molar-refractivity contribution is 6.11. The van der Waals surface area contributed by atoms with E-state index in [0.717, 1.165) is 33.3 Å². The number of rotatable bonds is 6. The molecular weight excluding hydrogens is 476 g/mol. The minimum absolute atomic E-state index is 0.0170. The summed E-state index contributed by atoms with van der Waals surface area (Å²) in [6, 6.07) is 29.5. The van der Waals surface area contributed by atoms with E-state index in [-0.39, 0.29) is 18.4 Å². The summed E-state index contributed by atoms with van der Waals surface area (Å²) in [5.74, 6) is -0.359. The van der Waals surface area contributed by atoms with Crippen LogP contribution in [0.5, 0.6) is 0 Å². The number of benzene rings is 4. The molecule has 2 amide bonds. The van der Waals surface area contributed by atoms with Crippen LogP contribution in [0.4, 0.5) is 11.4 Å². The first-order valence-corrected chi connectivity index (χ1v) is 12.5. The molecule has 5 aromatic rings. The zero-order valence-corrected chi connectivity index (χ0v) is 20.9. The molecular formula is C31H26N4O3. The topological polar surface area (TPSA) is 76.5 Å². The van der Waals surface area contributed by atoms with Crippen molar-refractivity contribution in [3.8, 4) is 16.9 Å². The summed E-state index contributed by atoms with van der Waals surface area (Å²) in [6.07, 6.45) is 2.43. The largest absolute Gasteiger partial charge is 0.375 e. The molecule has 0 saturated heterocycles. The van der Waals surface area contributed by atoms with Gasteiger partial charge in [0.05, 0.1) is 11.3 Å². The van der Waals surface area contributed by atoms with Crippen molar-refractivity contribution in [1.82, 2.24) is 9.78 Å². The molecule has 1 aliphatic rings. The van der Waals surface area contributed by atoms with Gasteiger partial charge in [-0.25, -0.2) is 4.68 Å². The van der Waals surface area contributed by atoms with Crippen LogP contribution in [0, 0.1) is 0 Å². The van der Waals surface area contributed by atoms with E-state index >= 15 is 0 Å². The molecule has 0 fully saturated rings. The van der Waals surface area contributed by atoms with Crippen LogP contribution < -0.4 is 10.2 Å². The van der Waals surface area contributed by atoms with Crippen molar-refractivity contribution < 1.29 is 14.3 Å². The van der Waals surface area contributed by atoms with Crippen molar-refractivity contribution in [2.45, 2.75) is 6.42 Å². The van der Waals surface area contributed by atoms with Crippen LogP contribution in [0.3, 0.4) is 0 Å². The van der Waals surface area contributed by atoms with Gasteiger partial charge < -0.3 is 15.0 Å². The molecule has 0 aliphatic carbocycles. The number of nitrogens with one attached hydrogen (secondary N) is 1. The van der Waals surface area contributed by atoms with Gasteiger partial charge in [0.15, 0.2) is 0 Å². The van der Waals surface area contributed by atoms with Crippen molar-refractivity contribution >= 4 is 34.0 Å². The second-order valence-electron chi connectivity index (χ2n) is 9.18. The maximum absolute atomic E-state index is 13.8. The number of nitrogens with zero attached hydrogens (tertiary/aromatic N) is 3. The predicted molar refractivity (Wildman–Crippen MR) is 149 cm³/mol. The summed E-state index contributed by atoms with van der Waals surface area (Å²) in [7, 11) is 1.51. The van der Waals surface area contributed by atoms with Gasteiger partial charge >= 0.3 is 0 Å². The molecule has 0 radical (unpaired) electrons. The first kappa shape index (κ1) is 23.6. The molecule has 0 saturated carbocycles. The number of hydrogen-bond donors (Lipinski definition) is 1. The van der Waals surface area contributed by atoms with Crippen LogP contribution in [-0.2, 0) is 16.0 Å². The molecule has 7 heteroatoms. The third kappa shape index (κ3) is 4.23. The fourth-order valence-electron chi connectivity index (χ4n) is 5.09. The lowest BCUT2D eigenvalue weighted by Gasteiger charge is -2.17. The summed E-state index contributed by atoms with van der Waals surface area (Å²) >= 11 is 0. The quantitative estimate of drug-likeness (QED) is 0.334. The summed E-state index contributed by atoms with van der Waals surface area (Å²) in [5, 5.41) is 10.1. The molecule has 4 aromatic carbocycles. The molecule has 6 rings (SSSR count). The molecule has 0 unspecified atom stereocenters. The van der Waals surface area contributed by atoms with E-state index in [9.17, 15) is 9.59 Å². The highest BCUT2D eigenvalue weighted by Gasteiger charge is 2.28. The van der Waals surface area contributed by atoms with Gasteiger partial charge in [-0.3, -0.25) is 9.59 Å². The molecule has 0 bridgehead atoms. The monoisotopic (exact) mass is 502 g/mol. The molecule has 1 N–H and O–H groups in total. The Balaban J connectivity index is 1.41. The van der Waals surface area contributed by atoms with E-state index in [4.69, 9.17) is 9.84 Å². The van der Waals surface area contributed by atoms with E-state index in [1.54, 1.807) is 15.8 Å². The second kappa shape index (κ2) is 9.95. The Morgan fingerprint density at radius 1 is 0.921 bits per heavy atom. The number of carbonyl (C=O) groups is 2. The minimum atomic E-state index is -0.259. The van der Waals surface area contributed by atoms with Crippen LogP contribution in [-0.4, -0.2) is 41.9 Å². The van der Waals surface area contributed by atoms with E-state index in [0.29, 0.717) is 29.9 Å². The van der Waals surface area contributed by atoms with Gasteiger partial charge in [-0.15, -0.1) is 0 Å². The Morgan fingerprint density at radius 2 is 1.68 bits per heavy atom. The third-order valence-electron chi connectivity index (χ3n) is 6.87. The lowest BCUT2D eigenvalue weighted by molar-refractivity contribution is -0.122. The van der Waals surface area contributed by atoms with E-state index in [1.807, 2.05) is 78.9 Å². The number of para-hydroxylation sites is 1. The first-order valence-electron chi connectivity index (χ1n) is 12.5. The second-order valence-corrected chi connectivity index (χ2v) is 9.18. The van der Waals surface area contributed by atoms with Gasteiger partial charge in [-0.2, -0.15) is 5.10 Å². The van der Waals surface area contributed by atoms with Crippen molar-refractivity contribution in [1.29, 1.82) is 0 Å². The van der Waals surface area contributed by atoms with Crippen LogP contribution in [0.25, 0.3) is 27.7 Å². The van der Waals surface area contributed by atoms with Crippen molar-refractivity contribution in [2.75, 3.05) is 30.5 Å². The smallest absolute Gasteiger partial charge is 0.259 e. The summed E-state index contributed by atoms with van der Waals surface area (Å²) < 4.78 is 6.78. The van der Waals surface area contributed by atoms with E-state index in [2.05, 4.69) is 17.4 Å². The van der Waals surface area contributed by atoms with Crippen LogP contribution in [0.2, 0.25) is 0 Å². The molecule has 1 aliphatic heterocycles. The molecule has 7 nitrogen and oxygen atoms in total. The summed E-state index contributed by atoms with van der Waals surface area (Å²) in [4.78, 5) is 28.1. The molecule has 188 valence electrons. The van der Waals surface area contributed by atoms with E-state index in [1.165, 1.54) is 7.11 Å². The van der Waals surface area contributed by atoms with Gasteiger partial charge in [0, 0.05) is 42.4 Å². The molecule has 2 heterocycles. The Hall–Kier alpha value is -4.75. The van der Waals surface area contributed by atoms with Crippen LogP contribution in [0.1, 0.15) is 15.9 Å².